The second-order valence-corrected chi connectivity index (χ2v) is 6.55. The molecule has 2 aromatic rings. The number of fused-ring (bicyclic) bond motifs is 1. The van der Waals surface area contributed by atoms with Crippen molar-refractivity contribution in [2.45, 2.75) is 31.8 Å². The molecule has 0 atom stereocenters. The van der Waals surface area contributed by atoms with E-state index >= 15 is 0 Å². The van der Waals surface area contributed by atoms with Crippen molar-refractivity contribution in [1.82, 2.24) is 20.0 Å². The van der Waals surface area contributed by atoms with Gasteiger partial charge in [-0.1, -0.05) is 30.3 Å². The summed E-state index contributed by atoms with van der Waals surface area (Å²) >= 11 is 0. The van der Waals surface area contributed by atoms with E-state index in [9.17, 15) is 0 Å². The number of aromatic nitrogens is 2. The van der Waals surface area contributed by atoms with Crippen LogP contribution in [0, 0.1) is 0 Å². The van der Waals surface area contributed by atoms with E-state index in [1.165, 1.54) is 48.4 Å². The summed E-state index contributed by atoms with van der Waals surface area (Å²) in [7, 11) is 2.22. The molecule has 0 bridgehead atoms. The van der Waals surface area contributed by atoms with E-state index in [-0.39, 0.29) is 0 Å². The van der Waals surface area contributed by atoms with Crippen LogP contribution in [0.1, 0.15) is 30.1 Å². The van der Waals surface area contributed by atoms with E-state index in [1.807, 2.05) is 0 Å². The molecular weight excluding hydrogens is 272 g/mol. The van der Waals surface area contributed by atoms with Crippen molar-refractivity contribution < 1.29 is 0 Å². The van der Waals surface area contributed by atoms with Gasteiger partial charge in [0.15, 0.2) is 0 Å². The van der Waals surface area contributed by atoms with Crippen molar-refractivity contribution >= 4 is 0 Å². The third kappa shape index (κ3) is 2.46. The van der Waals surface area contributed by atoms with Crippen molar-refractivity contribution in [1.29, 1.82) is 0 Å². The number of benzene rings is 1. The molecule has 1 saturated heterocycles. The molecule has 1 aromatic carbocycles. The summed E-state index contributed by atoms with van der Waals surface area (Å²) < 4.78 is 2.37. The van der Waals surface area contributed by atoms with Crippen LogP contribution in [0.25, 0.3) is 11.3 Å². The van der Waals surface area contributed by atoms with Crippen molar-refractivity contribution in [2.24, 2.45) is 0 Å². The van der Waals surface area contributed by atoms with Crippen LogP contribution >= 0.6 is 0 Å². The molecule has 116 valence electrons. The van der Waals surface area contributed by atoms with Crippen LogP contribution in [-0.4, -0.2) is 41.4 Å². The molecule has 2 aliphatic heterocycles. The van der Waals surface area contributed by atoms with Crippen molar-refractivity contribution in [3.63, 3.8) is 0 Å². The van der Waals surface area contributed by atoms with E-state index in [0.717, 1.165) is 19.5 Å². The number of hydrogen-bond donors (Lipinski definition) is 1. The lowest BCUT2D eigenvalue weighted by Gasteiger charge is -2.30. The van der Waals surface area contributed by atoms with Gasteiger partial charge in [0.25, 0.3) is 0 Å². The molecule has 0 spiro atoms. The molecule has 1 fully saturated rings. The van der Waals surface area contributed by atoms with Gasteiger partial charge in [-0.05, 0) is 33.0 Å². The van der Waals surface area contributed by atoms with Crippen LogP contribution in [0.4, 0.5) is 0 Å². The van der Waals surface area contributed by atoms with E-state index in [0.29, 0.717) is 6.04 Å². The zero-order valence-electron chi connectivity index (χ0n) is 13.3. The fourth-order valence-electron chi connectivity index (χ4n) is 3.74. The summed E-state index contributed by atoms with van der Waals surface area (Å²) in [5.74, 6) is 0. The Morgan fingerprint density at radius 3 is 2.68 bits per heavy atom. The van der Waals surface area contributed by atoms with Crippen LogP contribution in [0.3, 0.4) is 0 Å². The van der Waals surface area contributed by atoms with E-state index in [1.54, 1.807) is 0 Å². The highest BCUT2D eigenvalue weighted by atomic mass is 15.3. The first-order valence-corrected chi connectivity index (χ1v) is 8.38. The van der Waals surface area contributed by atoms with E-state index in [4.69, 9.17) is 5.10 Å². The molecule has 0 saturated carbocycles. The molecule has 0 amide bonds. The maximum absolute atomic E-state index is 5.07. The number of hydrogen-bond acceptors (Lipinski definition) is 3. The standard InChI is InChI=1S/C18H24N4/c1-21-11-8-15(9-12-21)22-17-7-10-19-13-16(17)18(20-22)14-5-3-2-4-6-14/h2-6,15,19H,7-13H2,1H3. The molecule has 0 aliphatic carbocycles. The van der Waals surface area contributed by atoms with Gasteiger partial charge in [0.05, 0.1) is 11.7 Å². The lowest BCUT2D eigenvalue weighted by molar-refractivity contribution is 0.209. The zero-order valence-corrected chi connectivity index (χ0v) is 13.3. The normalized spacial score (nSPS) is 20.0. The Balaban J connectivity index is 1.74. The van der Waals surface area contributed by atoms with Crippen LogP contribution in [0.2, 0.25) is 0 Å². The highest BCUT2D eigenvalue weighted by molar-refractivity contribution is 5.64. The molecule has 4 nitrogen and oxygen atoms in total. The van der Waals surface area contributed by atoms with Gasteiger partial charge in [0.1, 0.15) is 0 Å². The smallest absolute Gasteiger partial charge is 0.0971 e. The SMILES string of the molecule is CN1CCC(n2nc(-c3ccccc3)c3c2CCNC3)CC1. The third-order valence-electron chi connectivity index (χ3n) is 5.04. The second-order valence-electron chi connectivity index (χ2n) is 6.55. The van der Waals surface area contributed by atoms with Gasteiger partial charge in [-0.25, -0.2) is 0 Å². The maximum Gasteiger partial charge on any atom is 0.0971 e. The minimum atomic E-state index is 0.570. The average Bonchev–Trinajstić information content (AvgIpc) is 2.96. The van der Waals surface area contributed by atoms with Gasteiger partial charge in [-0.3, -0.25) is 4.68 Å². The second kappa shape index (κ2) is 5.86. The summed E-state index contributed by atoms with van der Waals surface area (Å²) in [6, 6.07) is 11.2. The molecule has 4 rings (SSSR count). The first-order valence-electron chi connectivity index (χ1n) is 8.38. The number of likely N-dealkylation sites (tertiary alicyclic amines) is 1. The number of rotatable bonds is 2. The molecule has 3 heterocycles. The van der Waals surface area contributed by atoms with Crippen molar-refractivity contribution in [3.05, 3.63) is 41.6 Å². The number of nitrogens with one attached hydrogen (secondary N) is 1. The predicted octanol–water partition coefficient (Wildman–Crippen LogP) is 2.46. The molecule has 0 unspecified atom stereocenters. The monoisotopic (exact) mass is 296 g/mol. The highest BCUT2D eigenvalue weighted by Crippen LogP contribution is 2.32. The minimum Gasteiger partial charge on any atom is -0.312 e. The van der Waals surface area contributed by atoms with Gasteiger partial charge in [0.2, 0.25) is 0 Å². The largest absolute Gasteiger partial charge is 0.312 e. The molecule has 4 heteroatoms. The van der Waals surface area contributed by atoms with Crippen molar-refractivity contribution in [2.75, 3.05) is 26.7 Å². The predicted molar refractivity (Wildman–Crippen MR) is 88.8 cm³/mol. The summed E-state index contributed by atoms with van der Waals surface area (Å²) in [5.41, 5.74) is 5.30. The van der Waals surface area contributed by atoms with Gasteiger partial charge >= 0.3 is 0 Å². The highest BCUT2D eigenvalue weighted by Gasteiger charge is 2.27. The van der Waals surface area contributed by atoms with E-state index < -0.39 is 0 Å². The number of nitrogens with zero attached hydrogens (tertiary/aromatic N) is 3. The van der Waals surface area contributed by atoms with Gasteiger partial charge in [-0.2, -0.15) is 5.10 Å². The molecular formula is C18H24N4. The van der Waals surface area contributed by atoms with E-state index in [2.05, 4.69) is 52.3 Å². The molecule has 2 aliphatic rings. The summed E-state index contributed by atoms with van der Waals surface area (Å²) in [6.45, 7) is 4.38. The lowest BCUT2D eigenvalue weighted by atomic mass is 10.0. The Morgan fingerprint density at radius 1 is 1.14 bits per heavy atom. The van der Waals surface area contributed by atoms with Gasteiger partial charge in [-0.15, -0.1) is 0 Å². The summed E-state index contributed by atoms with van der Waals surface area (Å²) in [4.78, 5) is 2.42. The zero-order chi connectivity index (χ0) is 14.9. The van der Waals surface area contributed by atoms with Crippen molar-refractivity contribution in [3.8, 4) is 11.3 Å². The number of piperidine rings is 1. The van der Waals surface area contributed by atoms with Gasteiger partial charge < -0.3 is 10.2 Å². The Bertz CT molecular complexity index is 639. The molecule has 1 aromatic heterocycles. The summed E-state index contributed by atoms with van der Waals surface area (Å²) in [5, 5.41) is 8.58. The summed E-state index contributed by atoms with van der Waals surface area (Å²) in [6.07, 6.45) is 3.53. The Hall–Kier alpha value is -1.65. The Labute approximate surface area is 132 Å². The fourth-order valence-corrected chi connectivity index (χ4v) is 3.74. The van der Waals surface area contributed by atoms with Gasteiger partial charge in [0, 0.05) is 36.3 Å². The molecule has 1 N–H and O–H groups in total. The molecule has 22 heavy (non-hydrogen) atoms. The van der Waals surface area contributed by atoms with Crippen LogP contribution in [-0.2, 0) is 13.0 Å². The first-order chi connectivity index (χ1) is 10.8. The first kappa shape index (κ1) is 14.0. The lowest BCUT2D eigenvalue weighted by Crippen LogP contribution is -2.33. The topological polar surface area (TPSA) is 33.1 Å². The quantitative estimate of drug-likeness (QED) is 0.924. The van der Waals surface area contributed by atoms with Crippen LogP contribution < -0.4 is 5.32 Å². The van der Waals surface area contributed by atoms with Crippen LogP contribution in [0.5, 0.6) is 0 Å². The Morgan fingerprint density at radius 2 is 1.91 bits per heavy atom. The average molecular weight is 296 g/mol. The maximum atomic E-state index is 5.07. The molecule has 0 radical (unpaired) electrons. The fraction of sp³-hybridized carbons (Fsp3) is 0.500. The third-order valence-corrected chi connectivity index (χ3v) is 5.04. The van der Waals surface area contributed by atoms with Crippen LogP contribution in [0.15, 0.2) is 30.3 Å². The minimum absolute atomic E-state index is 0.570. The Kier molecular flexibility index (Phi) is 3.72.